The molecule has 6 rings (SSSR count). The van der Waals surface area contributed by atoms with Gasteiger partial charge in [-0.05, 0) is 43.4 Å². The summed E-state index contributed by atoms with van der Waals surface area (Å²) in [5, 5.41) is 8.93. The molecule has 3 aliphatic carbocycles. The van der Waals surface area contributed by atoms with Gasteiger partial charge in [0.15, 0.2) is 17.4 Å². The number of Topliss-reactive ketones (excluding diaryl/α,β-unsaturated/α-hetero) is 1. The first-order valence-corrected chi connectivity index (χ1v) is 18.6. The van der Waals surface area contributed by atoms with Crippen LogP contribution in [0.5, 0.6) is 0 Å². The van der Waals surface area contributed by atoms with Crippen molar-refractivity contribution < 1.29 is 41.7 Å². The number of nitrogens with zero attached hydrogens (tertiary/aromatic N) is 5. The zero-order valence-corrected chi connectivity index (χ0v) is 29.5. The van der Waals surface area contributed by atoms with Gasteiger partial charge in [0, 0.05) is 31.6 Å². The number of hydroxylamine groups is 2. The van der Waals surface area contributed by atoms with Crippen LogP contribution in [0.4, 0.5) is 16.0 Å². The molecule has 0 radical (unpaired) electrons. The van der Waals surface area contributed by atoms with Gasteiger partial charge in [0.25, 0.3) is 10.1 Å². The Hall–Kier alpha value is -2.99. The highest BCUT2D eigenvalue weighted by Gasteiger charge is 2.69. The van der Waals surface area contributed by atoms with E-state index in [1.54, 1.807) is 6.92 Å². The highest BCUT2D eigenvalue weighted by atomic mass is 32.2. The summed E-state index contributed by atoms with van der Waals surface area (Å²) in [6.07, 6.45) is 6.53. The first kappa shape index (κ1) is 37.3. The molecule has 2 aliphatic heterocycles. The molecule has 15 nitrogen and oxygen atoms in total. The lowest BCUT2D eigenvalue weighted by Crippen LogP contribution is -2.58. The van der Waals surface area contributed by atoms with Crippen LogP contribution in [0.15, 0.2) is 0 Å². The molecule has 1 aromatic heterocycles. The molecule has 274 valence electrons. The second kappa shape index (κ2) is 14.7. The van der Waals surface area contributed by atoms with Crippen LogP contribution in [0.25, 0.3) is 0 Å². The SMILES string of the molecule is CC12CCC(C(S(=O)(=O)O)C1=O)C2(C)C.Cc1nc(NNC(=O)[C@H](CC2CCCC2)CN(O)C=O)c(F)c(N2CCN3CCOC[C@@H]3C2)n1. The first-order valence-electron chi connectivity index (χ1n) is 17.1. The summed E-state index contributed by atoms with van der Waals surface area (Å²) < 4.78 is 52.5. The number of aryl methyl sites for hydroxylation is 1. The number of halogens is 1. The van der Waals surface area contributed by atoms with Gasteiger partial charge in [0.2, 0.25) is 18.1 Å². The molecule has 2 saturated heterocycles. The molecule has 2 bridgehead atoms. The number of amides is 2. The van der Waals surface area contributed by atoms with Crippen molar-refractivity contribution in [3.8, 4) is 0 Å². The first-order chi connectivity index (χ1) is 23.1. The van der Waals surface area contributed by atoms with Crippen molar-refractivity contribution in [2.45, 2.75) is 83.9 Å². The fraction of sp³-hybridized carbons (Fsp3) is 0.781. The second-order valence-electron chi connectivity index (χ2n) is 14.9. The van der Waals surface area contributed by atoms with Gasteiger partial charge in [-0.1, -0.05) is 46.5 Å². The van der Waals surface area contributed by atoms with Crippen LogP contribution in [0, 0.1) is 41.3 Å². The smallest absolute Gasteiger partial charge is 0.275 e. The maximum atomic E-state index is 15.4. The van der Waals surface area contributed by atoms with E-state index in [9.17, 15) is 28.0 Å². The summed E-state index contributed by atoms with van der Waals surface area (Å²) in [5.74, 6) is -1.41. The van der Waals surface area contributed by atoms with Crippen molar-refractivity contribution in [2.24, 2.45) is 28.6 Å². The lowest BCUT2D eigenvalue weighted by molar-refractivity contribution is -0.154. The molecule has 0 spiro atoms. The number of ether oxygens (including phenoxy) is 1. The summed E-state index contributed by atoms with van der Waals surface area (Å²) in [4.78, 5) is 48.5. The number of nitrogens with one attached hydrogen (secondary N) is 2. The quantitative estimate of drug-likeness (QED) is 0.120. The van der Waals surface area contributed by atoms with Crippen molar-refractivity contribution in [3.05, 3.63) is 11.6 Å². The highest BCUT2D eigenvalue weighted by molar-refractivity contribution is 7.87. The average Bonchev–Trinajstić information content (AvgIpc) is 3.69. The second-order valence-corrected chi connectivity index (χ2v) is 16.4. The molecule has 3 saturated carbocycles. The Bertz CT molecular complexity index is 1510. The number of morpholine rings is 1. The number of hydrazine groups is 1. The topological polar surface area (TPSA) is 195 Å². The van der Waals surface area contributed by atoms with Crippen molar-refractivity contribution in [1.29, 1.82) is 0 Å². The van der Waals surface area contributed by atoms with Crippen LogP contribution in [-0.2, 0) is 29.2 Å². The number of carbonyl (C=O) groups is 3. The Balaban J connectivity index is 0.000000259. The van der Waals surface area contributed by atoms with E-state index < -0.39 is 38.4 Å². The van der Waals surface area contributed by atoms with Crippen LogP contribution in [0.1, 0.15) is 71.5 Å². The van der Waals surface area contributed by atoms with E-state index >= 15 is 4.39 Å². The molecule has 17 heteroatoms. The Morgan fingerprint density at radius 1 is 1.18 bits per heavy atom. The van der Waals surface area contributed by atoms with E-state index in [2.05, 4.69) is 25.7 Å². The van der Waals surface area contributed by atoms with Crippen LogP contribution >= 0.6 is 0 Å². The predicted molar refractivity (Wildman–Crippen MR) is 176 cm³/mol. The molecule has 5 fully saturated rings. The third-order valence-corrected chi connectivity index (χ3v) is 13.0. The van der Waals surface area contributed by atoms with E-state index in [0.717, 1.165) is 45.2 Å². The van der Waals surface area contributed by atoms with Crippen LogP contribution in [0.3, 0.4) is 0 Å². The van der Waals surface area contributed by atoms with Gasteiger partial charge in [0.05, 0.1) is 31.7 Å². The molecule has 49 heavy (non-hydrogen) atoms. The summed E-state index contributed by atoms with van der Waals surface area (Å²) in [5.41, 5.74) is 4.22. The Labute approximate surface area is 287 Å². The maximum absolute atomic E-state index is 15.4. The number of aromatic nitrogens is 2. The largest absolute Gasteiger partial charge is 0.378 e. The van der Waals surface area contributed by atoms with E-state index in [-0.39, 0.29) is 47.7 Å². The summed E-state index contributed by atoms with van der Waals surface area (Å²) >= 11 is 0. The molecule has 0 aromatic carbocycles. The third kappa shape index (κ3) is 7.70. The maximum Gasteiger partial charge on any atom is 0.275 e. The van der Waals surface area contributed by atoms with Gasteiger partial charge < -0.3 is 9.64 Å². The summed E-state index contributed by atoms with van der Waals surface area (Å²) in [6.45, 7) is 11.4. The number of hydrogen-bond acceptors (Lipinski definition) is 12. The number of fused-ring (bicyclic) bond motifs is 3. The average molecular weight is 712 g/mol. The van der Waals surface area contributed by atoms with Gasteiger partial charge in [-0.3, -0.25) is 39.9 Å². The Kier molecular flexibility index (Phi) is 11.2. The number of hydrogen-bond donors (Lipinski definition) is 4. The molecule has 1 aromatic rings. The normalized spacial score (nSPS) is 28.8. The number of piperazine rings is 1. The fourth-order valence-corrected chi connectivity index (χ4v) is 9.95. The van der Waals surface area contributed by atoms with Gasteiger partial charge in [-0.15, -0.1) is 0 Å². The third-order valence-electron chi connectivity index (χ3n) is 11.8. The molecule has 3 heterocycles. The summed E-state index contributed by atoms with van der Waals surface area (Å²) in [7, 11) is -4.24. The lowest BCUT2D eigenvalue weighted by atomic mass is 9.70. The minimum atomic E-state index is -4.24. The summed E-state index contributed by atoms with van der Waals surface area (Å²) in [6, 6.07) is 0.184. The molecule has 4 N–H and O–H groups in total. The standard InChI is InChI=1S/C22H34FN7O4.C10H16O4S/c1-15-24-20(19(23)21(25-15)29-7-6-28-8-9-34-13-18(28)12-29)26-27-22(32)17(11-30(33)14-31)10-16-4-2-3-5-16;1-9(2)6-4-5-10(9,3)8(11)7(6)15(12,13)14/h14,16-18,33H,2-13H2,1H3,(H,27,32)(H,24,25,26);6-7H,4-5H2,1-3H3,(H,12,13,14)/t17-,18+;/m1./s1. The van der Waals surface area contributed by atoms with E-state index in [4.69, 9.17) is 9.29 Å². The Morgan fingerprint density at radius 3 is 2.51 bits per heavy atom. The number of ketones is 1. The molecule has 2 amide bonds. The number of anilines is 2. The zero-order chi connectivity index (χ0) is 35.7. The number of carbonyl (C=O) groups excluding carboxylic acids is 3. The van der Waals surface area contributed by atoms with E-state index in [1.165, 1.54) is 0 Å². The monoisotopic (exact) mass is 711 g/mol. The van der Waals surface area contributed by atoms with Crippen LogP contribution in [-0.4, -0.2) is 113 Å². The van der Waals surface area contributed by atoms with E-state index in [1.807, 2.05) is 25.7 Å². The van der Waals surface area contributed by atoms with Crippen molar-refractivity contribution in [3.63, 3.8) is 0 Å². The van der Waals surface area contributed by atoms with Crippen LogP contribution < -0.4 is 15.8 Å². The molecule has 5 atom stereocenters. The lowest BCUT2D eigenvalue weighted by Gasteiger charge is -2.44. The molecular formula is C32H50FN7O8S. The molecule has 3 unspecified atom stereocenters. The highest BCUT2D eigenvalue weighted by Crippen LogP contribution is 2.64. The molecular weight excluding hydrogens is 661 g/mol. The van der Waals surface area contributed by atoms with Crippen LogP contribution in [0.2, 0.25) is 0 Å². The van der Waals surface area contributed by atoms with Crippen molar-refractivity contribution >= 4 is 39.9 Å². The van der Waals surface area contributed by atoms with Gasteiger partial charge in [-0.25, -0.2) is 15.0 Å². The van der Waals surface area contributed by atoms with Crippen molar-refractivity contribution in [2.75, 3.05) is 56.3 Å². The van der Waals surface area contributed by atoms with Crippen molar-refractivity contribution in [1.82, 2.24) is 25.4 Å². The van der Waals surface area contributed by atoms with Gasteiger partial charge >= 0.3 is 0 Å². The van der Waals surface area contributed by atoms with E-state index in [0.29, 0.717) is 56.0 Å². The minimum absolute atomic E-state index is 0.117. The predicted octanol–water partition coefficient (Wildman–Crippen LogP) is 2.20. The number of rotatable bonds is 10. The van der Waals surface area contributed by atoms with Gasteiger partial charge in [0.1, 0.15) is 11.1 Å². The fourth-order valence-electron chi connectivity index (χ4n) is 8.53. The Morgan fingerprint density at radius 2 is 1.90 bits per heavy atom. The zero-order valence-electron chi connectivity index (χ0n) is 28.7. The van der Waals surface area contributed by atoms with Gasteiger partial charge in [-0.2, -0.15) is 12.8 Å². The molecule has 5 aliphatic rings. The minimum Gasteiger partial charge on any atom is -0.378 e.